The van der Waals surface area contributed by atoms with Gasteiger partial charge in [-0.1, -0.05) is 100.0 Å². The number of para-hydroxylation sites is 1. The summed E-state index contributed by atoms with van der Waals surface area (Å²) in [6.45, 7) is 8.79. The van der Waals surface area contributed by atoms with Crippen molar-refractivity contribution in [2.75, 3.05) is 0 Å². The predicted molar refractivity (Wildman–Crippen MR) is 111 cm³/mol. The van der Waals surface area contributed by atoms with Gasteiger partial charge < -0.3 is 0 Å². The Balaban J connectivity index is 2.20. The van der Waals surface area contributed by atoms with E-state index in [0.717, 1.165) is 16.6 Å². The molecule has 3 aromatic carbocycles. The van der Waals surface area contributed by atoms with E-state index in [9.17, 15) is 0 Å². The zero-order chi connectivity index (χ0) is 18.0. The second kappa shape index (κ2) is 7.41. The van der Waals surface area contributed by atoms with Crippen molar-refractivity contribution in [2.45, 2.75) is 39.5 Å². The molecule has 0 aromatic heterocycles. The Kier molecular flexibility index (Phi) is 5.24. The molecule has 0 atom stereocenters. The van der Waals surface area contributed by atoms with Crippen LogP contribution in [0.4, 0.5) is 5.69 Å². The Morgan fingerprint density at radius 1 is 0.760 bits per heavy atom. The van der Waals surface area contributed by atoms with E-state index in [1.165, 1.54) is 16.5 Å². The number of fused-ring (bicyclic) bond motifs is 1. The summed E-state index contributed by atoms with van der Waals surface area (Å²) in [7, 11) is 0. The maximum absolute atomic E-state index is 6.72. The summed E-state index contributed by atoms with van der Waals surface area (Å²) < 4.78 is 0. The number of hydrogen-bond donors (Lipinski definition) is 0. The summed E-state index contributed by atoms with van der Waals surface area (Å²) in [4.78, 5) is 4.90. The third kappa shape index (κ3) is 3.62. The van der Waals surface area contributed by atoms with Gasteiger partial charge in [-0.05, 0) is 33.7 Å². The smallest absolute Gasteiger partial charge is 0.137 e. The first-order valence-corrected chi connectivity index (χ1v) is 9.22. The minimum absolute atomic E-state index is 0.398. The maximum Gasteiger partial charge on any atom is 0.137 e. The van der Waals surface area contributed by atoms with E-state index in [1.54, 1.807) is 0 Å². The van der Waals surface area contributed by atoms with Gasteiger partial charge in [-0.25, -0.2) is 4.99 Å². The van der Waals surface area contributed by atoms with E-state index in [4.69, 9.17) is 16.6 Å². The van der Waals surface area contributed by atoms with Crippen LogP contribution in [-0.2, 0) is 0 Å². The molecule has 0 heterocycles. The van der Waals surface area contributed by atoms with Gasteiger partial charge in [0.25, 0.3) is 0 Å². The Bertz CT molecular complexity index is 891. The molecule has 3 rings (SSSR count). The SMILES string of the molecule is CC(C)c1cccc(C(C)C)c1N=C(Cl)c1cccc2ccccc12. The van der Waals surface area contributed by atoms with Gasteiger partial charge in [0.1, 0.15) is 5.17 Å². The van der Waals surface area contributed by atoms with E-state index in [2.05, 4.69) is 64.1 Å². The molecule has 0 aliphatic rings. The highest BCUT2D eigenvalue weighted by molar-refractivity contribution is 6.70. The highest BCUT2D eigenvalue weighted by Gasteiger charge is 2.15. The highest BCUT2D eigenvalue weighted by Crippen LogP contribution is 2.36. The van der Waals surface area contributed by atoms with Gasteiger partial charge in [-0.15, -0.1) is 0 Å². The molecule has 2 heteroatoms. The summed E-state index contributed by atoms with van der Waals surface area (Å²) in [5.74, 6) is 0.795. The molecule has 0 spiro atoms. The number of rotatable bonds is 4. The van der Waals surface area contributed by atoms with Gasteiger partial charge in [-0.2, -0.15) is 0 Å². The second-order valence-electron chi connectivity index (χ2n) is 7.02. The number of halogens is 1. The van der Waals surface area contributed by atoms with Gasteiger partial charge >= 0.3 is 0 Å². The molecule has 0 fully saturated rings. The van der Waals surface area contributed by atoms with Crippen molar-refractivity contribution in [3.63, 3.8) is 0 Å². The molecule has 25 heavy (non-hydrogen) atoms. The van der Waals surface area contributed by atoms with Gasteiger partial charge in [0.2, 0.25) is 0 Å². The molecular formula is C23H24ClN. The quantitative estimate of drug-likeness (QED) is 0.435. The monoisotopic (exact) mass is 349 g/mol. The standard InChI is InChI=1S/C23H24ClN/c1-15(2)18-12-8-13-19(16(3)4)22(18)25-23(24)21-14-7-10-17-9-5-6-11-20(17)21/h5-16H,1-4H3. The van der Waals surface area contributed by atoms with E-state index < -0.39 is 0 Å². The average molecular weight is 350 g/mol. The summed E-state index contributed by atoms with van der Waals surface area (Å²) in [5.41, 5.74) is 4.48. The summed E-state index contributed by atoms with van der Waals surface area (Å²) >= 11 is 6.72. The van der Waals surface area contributed by atoms with Gasteiger partial charge in [0, 0.05) is 5.56 Å². The number of benzene rings is 3. The zero-order valence-electron chi connectivity index (χ0n) is 15.3. The van der Waals surface area contributed by atoms with Gasteiger partial charge in [-0.3, -0.25) is 0 Å². The van der Waals surface area contributed by atoms with Crippen LogP contribution < -0.4 is 0 Å². The van der Waals surface area contributed by atoms with E-state index in [-0.39, 0.29) is 0 Å². The molecule has 0 radical (unpaired) electrons. The van der Waals surface area contributed by atoms with E-state index >= 15 is 0 Å². The lowest BCUT2D eigenvalue weighted by Gasteiger charge is -2.17. The topological polar surface area (TPSA) is 12.4 Å². The third-order valence-electron chi connectivity index (χ3n) is 4.56. The Morgan fingerprint density at radius 2 is 1.32 bits per heavy atom. The second-order valence-corrected chi connectivity index (χ2v) is 7.38. The molecular weight excluding hydrogens is 326 g/mol. The Hall–Kier alpha value is -2.12. The van der Waals surface area contributed by atoms with Crippen LogP contribution in [0.2, 0.25) is 0 Å². The first-order valence-electron chi connectivity index (χ1n) is 8.84. The van der Waals surface area contributed by atoms with Crippen molar-refractivity contribution < 1.29 is 0 Å². The van der Waals surface area contributed by atoms with Crippen molar-refractivity contribution in [2.24, 2.45) is 4.99 Å². The van der Waals surface area contributed by atoms with Crippen LogP contribution in [0.3, 0.4) is 0 Å². The average Bonchev–Trinajstić information content (AvgIpc) is 2.60. The first kappa shape index (κ1) is 17.7. The van der Waals surface area contributed by atoms with Crippen molar-refractivity contribution >= 4 is 33.2 Å². The molecule has 0 aliphatic carbocycles. The molecule has 0 saturated carbocycles. The van der Waals surface area contributed by atoms with Crippen LogP contribution in [0.1, 0.15) is 56.2 Å². The normalized spacial score (nSPS) is 12.4. The minimum Gasteiger partial charge on any atom is -0.235 e. The van der Waals surface area contributed by atoms with Gasteiger partial charge in [0.15, 0.2) is 0 Å². The lowest BCUT2D eigenvalue weighted by molar-refractivity contribution is 0.835. The largest absolute Gasteiger partial charge is 0.235 e. The zero-order valence-corrected chi connectivity index (χ0v) is 16.0. The maximum atomic E-state index is 6.72. The summed E-state index contributed by atoms with van der Waals surface area (Å²) in [6.07, 6.45) is 0. The van der Waals surface area contributed by atoms with Crippen LogP contribution >= 0.6 is 11.6 Å². The van der Waals surface area contributed by atoms with E-state index in [1.807, 2.05) is 24.3 Å². The molecule has 3 aromatic rings. The molecule has 0 saturated heterocycles. The molecule has 0 unspecified atom stereocenters. The number of aliphatic imine (C=N–C) groups is 1. The lowest BCUT2D eigenvalue weighted by Crippen LogP contribution is -1.98. The van der Waals surface area contributed by atoms with Crippen molar-refractivity contribution in [3.8, 4) is 0 Å². The van der Waals surface area contributed by atoms with Crippen LogP contribution in [0, 0.1) is 0 Å². The number of nitrogens with zero attached hydrogens (tertiary/aromatic N) is 1. The fourth-order valence-corrected chi connectivity index (χ4v) is 3.45. The van der Waals surface area contributed by atoms with Gasteiger partial charge in [0.05, 0.1) is 5.69 Å². The molecule has 0 amide bonds. The molecule has 0 N–H and O–H groups in total. The first-order chi connectivity index (χ1) is 12.0. The van der Waals surface area contributed by atoms with E-state index in [0.29, 0.717) is 17.0 Å². The fourth-order valence-electron chi connectivity index (χ4n) is 3.20. The summed E-state index contributed by atoms with van der Waals surface area (Å²) in [6, 6.07) is 20.9. The molecule has 0 aliphatic heterocycles. The summed E-state index contributed by atoms with van der Waals surface area (Å²) in [5, 5.41) is 2.85. The predicted octanol–water partition coefficient (Wildman–Crippen LogP) is 7.40. The van der Waals surface area contributed by atoms with Crippen molar-refractivity contribution in [1.29, 1.82) is 0 Å². The Labute approximate surface area is 155 Å². The molecule has 1 nitrogen and oxygen atoms in total. The molecule has 0 bridgehead atoms. The number of hydrogen-bond acceptors (Lipinski definition) is 1. The molecule has 128 valence electrons. The van der Waals surface area contributed by atoms with Crippen LogP contribution in [-0.4, -0.2) is 5.17 Å². The lowest BCUT2D eigenvalue weighted by atomic mass is 9.93. The Morgan fingerprint density at radius 3 is 1.96 bits per heavy atom. The minimum atomic E-state index is 0.398. The van der Waals surface area contributed by atoms with Crippen LogP contribution in [0.25, 0.3) is 10.8 Å². The van der Waals surface area contributed by atoms with Crippen LogP contribution in [0.15, 0.2) is 65.7 Å². The highest BCUT2D eigenvalue weighted by atomic mass is 35.5. The fraction of sp³-hybridized carbons (Fsp3) is 0.261. The van der Waals surface area contributed by atoms with Crippen molar-refractivity contribution in [3.05, 3.63) is 77.4 Å². The van der Waals surface area contributed by atoms with Crippen molar-refractivity contribution in [1.82, 2.24) is 0 Å². The van der Waals surface area contributed by atoms with Crippen LogP contribution in [0.5, 0.6) is 0 Å². The third-order valence-corrected chi connectivity index (χ3v) is 4.85.